The number of halogens is 2. The number of amides is 1. The van der Waals surface area contributed by atoms with Gasteiger partial charge in [0.2, 0.25) is 0 Å². The standard InChI is InChI=1S/C19H16BrClN2O2S/c1-25-11-10-23-16-8-7-14(20)12-17(16)26-19(23)22-18(24)9-6-13-4-2-3-5-15(13)21/h2-9,12H,10-11H2,1H3/b9-6+,22-19?. The van der Waals surface area contributed by atoms with Crippen LogP contribution in [0, 0.1) is 0 Å². The van der Waals surface area contributed by atoms with Crippen LogP contribution in [0.1, 0.15) is 5.56 Å². The van der Waals surface area contributed by atoms with Crippen LogP contribution in [0.15, 0.2) is 58.0 Å². The zero-order valence-corrected chi connectivity index (χ0v) is 17.1. The number of benzene rings is 2. The van der Waals surface area contributed by atoms with Gasteiger partial charge in [0.15, 0.2) is 4.80 Å². The number of nitrogens with zero attached hydrogens (tertiary/aromatic N) is 2. The number of carbonyl (C=O) groups is 1. The fourth-order valence-electron chi connectivity index (χ4n) is 2.43. The van der Waals surface area contributed by atoms with Gasteiger partial charge in [0, 0.05) is 29.2 Å². The van der Waals surface area contributed by atoms with Crippen molar-refractivity contribution in [3.05, 3.63) is 68.4 Å². The summed E-state index contributed by atoms with van der Waals surface area (Å²) in [5, 5.41) is 0.596. The molecule has 0 aliphatic carbocycles. The highest BCUT2D eigenvalue weighted by atomic mass is 79.9. The average Bonchev–Trinajstić information content (AvgIpc) is 2.95. The molecule has 0 unspecified atom stereocenters. The van der Waals surface area contributed by atoms with Crippen LogP contribution in [-0.4, -0.2) is 24.2 Å². The Morgan fingerprint density at radius 3 is 2.92 bits per heavy atom. The van der Waals surface area contributed by atoms with E-state index >= 15 is 0 Å². The molecule has 0 saturated carbocycles. The van der Waals surface area contributed by atoms with Crippen LogP contribution in [0.2, 0.25) is 5.02 Å². The Morgan fingerprint density at radius 1 is 1.35 bits per heavy atom. The van der Waals surface area contributed by atoms with Gasteiger partial charge in [-0.05, 0) is 35.9 Å². The number of hydrogen-bond donors (Lipinski definition) is 0. The van der Waals surface area contributed by atoms with E-state index in [4.69, 9.17) is 16.3 Å². The van der Waals surface area contributed by atoms with Gasteiger partial charge in [-0.1, -0.05) is 57.1 Å². The third-order valence-electron chi connectivity index (χ3n) is 3.68. The third-order valence-corrected chi connectivity index (χ3v) is 5.56. The number of rotatable bonds is 5. The molecule has 26 heavy (non-hydrogen) atoms. The van der Waals surface area contributed by atoms with Crippen LogP contribution < -0.4 is 4.80 Å². The first-order valence-electron chi connectivity index (χ1n) is 7.87. The van der Waals surface area contributed by atoms with E-state index < -0.39 is 0 Å². The lowest BCUT2D eigenvalue weighted by molar-refractivity contribution is -0.113. The topological polar surface area (TPSA) is 43.6 Å². The van der Waals surface area contributed by atoms with E-state index in [0.29, 0.717) is 23.0 Å². The maximum Gasteiger partial charge on any atom is 0.272 e. The van der Waals surface area contributed by atoms with E-state index in [-0.39, 0.29) is 5.91 Å². The van der Waals surface area contributed by atoms with Crippen LogP contribution >= 0.6 is 38.9 Å². The predicted octanol–water partition coefficient (Wildman–Crippen LogP) is 4.91. The third kappa shape index (κ3) is 4.51. The van der Waals surface area contributed by atoms with Gasteiger partial charge in [-0.15, -0.1) is 0 Å². The smallest absolute Gasteiger partial charge is 0.272 e. The number of thiazole rings is 1. The Labute approximate surface area is 168 Å². The second-order valence-electron chi connectivity index (χ2n) is 5.45. The molecule has 4 nitrogen and oxygen atoms in total. The Morgan fingerprint density at radius 2 is 2.15 bits per heavy atom. The molecule has 0 aliphatic rings. The summed E-state index contributed by atoms with van der Waals surface area (Å²) in [6, 6.07) is 13.4. The van der Waals surface area contributed by atoms with Crippen LogP contribution in [0.5, 0.6) is 0 Å². The lowest BCUT2D eigenvalue weighted by Gasteiger charge is -2.03. The van der Waals surface area contributed by atoms with Crippen molar-refractivity contribution >= 4 is 61.1 Å². The molecule has 0 radical (unpaired) electrons. The van der Waals surface area contributed by atoms with Gasteiger partial charge < -0.3 is 9.30 Å². The lowest BCUT2D eigenvalue weighted by atomic mass is 10.2. The highest BCUT2D eigenvalue weighted by Gasteiger charge is 2.07. The van der Waals surface area contributed by atoms with Crippen molar-refractivity contribution in [2.45, 2.75) is 6.54 Å². The number of fused-ring (bicyclic) bond motifs is 1. The zero-order valence-electron chi connectivity index (χ0n) is 14.0. The van der Waals surface area contributed by atoms with E-state index in [1.54, 1.807) is 19.3 Å². The minimum Gasteiger partial charge on any atom is -0.383 e. The number of methoxy groups -OCH3 is 1. The van der Waals surface area contributed by atoms with E-state index in [1.807, 2.05) is 41.0 Å². The van der Waals surface area contributed by atoms with Crippen LogP contribution in [0.3, 0.4) is 0 Å². The molecule has 1 amide bonds. The largest absolute Gasteiger partial charge is 0.383 e. The van der Waals surface area contributed by atoms with Gasteiger partial charge in [-0.3, -0.25) is 4.79 Å². The second kappa shape index (κ2) is 8.77. The first-order valence-corrected chi connectivity index (χ1v) is 9.86. The summed E-state index contributed by atoms with van der Waals surface area (Å²) >= 11 is 11.1. The van der Waals surface area contributed by atoms with Crippen molar-refractivity contribution in [2.24, 2.45) is 4.99 Å². The highest BCUT2D eigenvalue weighted by molar-refractivity contribution is 9.10. The maximum absolute atomic E-state index is 12.3. The second-order valence-corrected chi connectivity index (χ2v) is 7.78. The number of carbonyl (C=O) groups excluding carboxylic acids is 1. The molecule has 0 fully saturated rings. The minimum atomic E-state index is -0.332. The Bertz CT molecular complexity index is 1040. The summed E-state index contributed by atoms with van der Waals surface area (Å²) in [7, 11) is 1.65. The van der Waals surface area contributed by atoms with Crippen molar-refractivity contribution in [2.75, 3.05) is 13.7 Å². The van der Waals surface area contributed by atoms with Crippen molar-refractivity contribution in [1.29, 1.82) is 0 Å². The number of hydrogen-bond acceptors (Lipinski definition) is 3. The first-order chi connectivity index (χ1) is 12.6. The van der Waals surface area contributed by atoms with Crippen LogP contribution in [-0.2, 0) is 16.1 Å². The van der Waals surface area contributed by atoms with Gasteiger partial charge >= 0.3 is 0 Å². The zero-order chi connectivity index (χ0) is 18.5. The maximum atomic E-state index is 12.3. The van der Waals surface area contributed by atoms with Crippen molar-refractivity contribution < 1.29 is 9.53 Å². The SMILES string of the molecule is COCCn1c(=NC(=O)/C=C/c2ccccc2Cl)sc2cc(Br)ccc21. The summed E-state index contributed by atoms with van der Waals surface area (Å²) < 4.78 is 9.22. The van der Waals surface area contributed by atoms with Crippen molar-refractivity contribution in [3.8, 4) is 0 Å². The summed E-state index contributed by atoms with van der Waals surface area (Å²) in [5.41, 5.74) is 1.81. The molecule has 1 heterocycles. The molecule has 0 spiro atoms. The highest BCUT2D eigenvalue weighted by Crippen LogP contribution is 2.22. The fraction of sp³-hybridized carbons (Fsp3) is 0.158. The van der Waals surface area contributed by atoms with Gasteiger partial charge in [0.25, 0.3) is 5.91 Å². The van der Waals surface area contributed by atoms with Gasteiger partial charge in [-0.25, -0.2) is 0 Å². The van der Waals surface area contributed by atoms with Gasteiger partial charge in [0.1, 0.15) is 0 Å². The molecular weight excluding hydrogens is 436 g/mol. The minimum absolute atomic E-state index is 0.332. The molecular formula is C19H16BrClN2O2S. The van der Waals surface area contributed by atoms with Gasteiger partial charge in [-0.2, -0.15) is 4.99 Å². The van der Waals surface area contributed by atoms with Crippen molar-refractivity contribution in [1.82, 2.24) is 4.57 Å². The lowest BCUT2D eigenvalue weighted by Crippen LogP contribution is -2.18. The van der Waals surface area contributed by atoms with Crippen LogP contribution in [0.25, 0.3) is 16.3 Å². The number of aromatic nitrogens is 1. The summed E-state index contributed by atoms with van der Waals surface area (Å²) in [4.78, 5) is 17.2. The predicted molar refractivity (Wildman–Crippen MR) is 110 cm³/mol. The van der Waals surface area contributed by atoms with Crippen LogP contribution in [0.4, 0.5) is 0 Å². The van der Waals surface area contributed by atoms with Gasteiger partial charge in [0.05, 0.1) is 16.8 Å². The molecule has 0 N–H and O–H groups in total. The first kappa shape index (κ1) is 19.0. The molecule has 3 aromatic rings. The molecule has 134 valence electrons. The molecule has 3 rings (SSSR count). The molecule has 2 aromatic carbocycles. The van der Waals surface area contributed by atoms with E-state index in [0.717, 1.165) is 20.3 Å². The Balaban J connectivity index is 1.97. The van der Waals surface area contributed by atoms with E-state index in [2.05, 4.69) is 20.9 Å². The van der Waals surface area contributed by atoms with Crippen molar-refractivity contribution in [3.63, 3.8) is 0 Å². The Hall–Kier alpha value is -1.73. The quantitative estimate of drug-likeness (QED) is 0.518. The molecule has 0 aliphatic heterocycles. The molecule has 0 saturated heterocycles. The Kier molecular flexibility index (Phi) is 6.43. The monoisotopic (exact) mass is 450 g/mol. The summed E-state index contributed by atoms with van der Waals surface area (Å²) in [6.45, 7) is 1.16. The fourth-order valence-corrected chi connectivity index (χ4v) is 4.25. The average molecular weight is 452 g/mol. The molecule has 0 atom stereocenters. The molecule has 7 heteroatoms. The van der Waals surface area contributed by atoms with E-state index in [1.165, 1.54) is 17.4 Å². The number of ether oxygens (including phenoxy) is 1. The summed E-state index contributed by atoms with van der Waals surface area (Å²) in [5.74, 6) is -0.332. The normalized spacial score (nSPS) is 12.3. The summed E-state index contributed by atoms with van der Waals surface area (Å²) in [6.07, 6.45) is 3.11. The molecule has 0 bridgehead atoms. The molecule has 1 aromatic heterocycles. The van der Waals surface area contributed by atoms with E-state index in [9.17, 15) is 4.79 Å².